The van der Waals surface area contributed by atoms with Crippen molar-refractivity contribution in [2.45, 2.75) is 90.2 Å². The van der Waals surface area contributed by atoms with E-state index in [-0.39, 0.29) is 17.9 Å². The largest absolute Gasteiger partial charge is 0.516 e. The number of rotatable bonds is 6. The summed E-state index contributed by atoms with van der Waals surface area (Å²) in [5.41, 5.74) is 2.10. The van der Waals surface area contributed by atoms with Gasteiger partial charge in [-0.1, -0.05) is 31.1 Å². The van der Waals surface area contributed by atoms with Gasteiger partial charge in [0.2, 0.25) is 5.91 Å². The Morgan fingerprint density at radius 2 is 1.67 bits per heavy atom. The molecule has 0 spiro atoms. The average molecular weight is 498 g/mol. The fraction of sp³-hybridized carbons (Fsp3) is 0.667. The Morgan fingerprint density at radius 1 is 1.00 bits per heavy atom. The van der Waals surface area contributed by atoms with Crippen LogP contribution in [0.2, 0.25) is 0 Å². The van der Waals surface area contributed by atoms with Gasteiger partial charge >= 0.3 is 6.09 Å². The lowest BCUT2D eigenvalue weighted by atomic mass is 9.86. The highest BCUT2D eigenvalue weighted by molar-refractivity contribution is 5.81. The Hall–Kier alpha value is -2.34. The molecule has 1 aliphatic heterocycles. The minimum absolute atomic E-state index is 0.114. The Morgan fingerprint density at radius 3 is 2.25 bits per heavy atom. The molecule has 3 aliphatic rings. The molecule has 6 nitrogen and oxygen atoms in total. The zero-order valence-electron chi connectivity index (χ0n) is 22.7. The van der Waals surface area contributed by atoms with E-state index < -0.39 is 5.60 Å². The summed E-state index contributed by atoms with van der Waals surface area (Å²) in [6.45, 7) is 8.00. The van der Waals surface area contributed by atoms with E-state index in [0.717, 1.165) is 63.8 Å². The summed E-state index contributed by atoms with van der Waals surface area (Å²) in [5, 5.41) is 3.26. The van der Waals surface area contributed by atoms with Crippen molar-refractivity contribution in [2.75, 3.05) is 26.7 Å². The van der Waals surface area contributed by atoms with E-state index in [0.29, 0.717) is 23.0 Å². The zero-order chi connectivity index (χ0) is 25.8. The van der Waals surface area contributed by atoms with Crippen molar-refractivity contribution < 1.29 is 23.5 Å². The molecule has 1 N–H and O–H groups in total. The first-order valence-electron chi connectivity index (χ1n) is 13.9. The monoisotopic (exact) mass is 497 g/mol. The second-order valence-corrected chi connectivity index (χ2v) is 12.3. The summed E-state index contributed by atoms with van der Waals surface area (Å²) in [5.74, 6) is 1.70. The van der Waals surface area contributed by atoms with Crippen molar-refractivity contribution in [2.24, 2.45) is 11.8 Å². The third-order valence-electron chi connectivity index (χ3n) is 8.09. The number of carbonyl (C=O) groups excluding carboxylic acids is 2. The third kappa shape index (κ3) is 7.12. The van der Waals surface area contributed by atoms with Gasteiger partial charge in [0.1, 0.15) is 11.4 Å². The van der Waals surface area contributed by atoms with Crippen molar-refractivity contribution >= 4 is 17.6 Å². The predicted octanol–water partition coefficient (Wildman–Crippen LogP) is 6.10. The molecule has 0 aromatic heterocycles. The molecule has 6 heteroatoms. The number of amides is 2. The van der Waals surface area contributed by atoms with Gasteiger partial charge in [-0.3, -0.25) is 4.79 Å². The molecule has 1 atom stereocenters. The van der Waals surface area contributed by atoms with E-state index in [4.69, 9.17) is 9.47 Å². The van der Waals surface area contributed by atoms with Gasteiger partial charge in [-0.15, -0.1) is 0 Å². The van der Waals surface area contributed by atoms with Crippen LogP contribution in [0.5, 0.6) is 5.75 Å². The Kier molecular flexibility index (Phi) is 8.44. The number of carbonyl (C=O) groups is 2. The van der Waals surface area contributed by atoms with E-state index in [2.05, 4.69) is 35.7 Å². The summed E-state index contributed by atoms with van der Waals surface area (Å²) in [6.07, 6.45) is 11.5. The van der Waals surface area contributed by atoms with Crippen LogP contribution in [0.25, 0.3) is 5.57 Å². The van der Waals surface area contributed by atoms with Crippen LogP contribution in [0.15, 0.2) is 30.3 Å². The maximum absolute atomic E-state index is 12.6. The molecule has 1 saturated heterocycles. The minimum atomic E-state index is -0.455. The van der Waals surface area contributed by atoms with E-state index in [9.17, 15) is 9.59 Å². The van der Waals surface area contributed by atoms with Crippen molar-refractivity contribution in [3.63, 3.8) is 0 Å². The molecule has 198 valence electrons. The predicted molar refractivity (Wildman–Crippen MR) is 143 cm³/mol. The highest BCUT2D eigenvalue weighted by Crippen LogP contribution is 2.32. The van der Waals surface area contributed by atoms with E-state index >= 15 is 0 Å². The third-order valence-corrected chi connectivity index (χ3v) is 8.09. The normalized spacial score (nSPS) is 27.3. The summed E-state index contributed by atoms with van der Waals surface area (Å²) in [7, 11) is 1.98. The van der Waals surface area contributed by atoms with Crippen molar-refractivity contribution in [3.8, 4) is 5.75 Å². The number of piperidine rings is 1. The van der Waals surface area contributed by atoms with Crippen LogP contribution in [0.3, 0.4) is 0 Å². The molecule has 2 fully saturated rings. The first-order valence-corrected chi connectivity index (χ1v) is 13.9. The quantitative estimate of drug-likeness (QED) is 0.483. The number of nitrogens with one attached hydrogen (secondary N) is 1. The molecular formula is C30H45N2O4+. The molecule has 1 unspecified atom stereocenters. The number of ether oxygens (including phenoxy) is 2. The van der Waals surface area contributed by atoms with Crippen LogP contribution < -0.4 is 10.1 Å². The van der Waals surface area contributed by atoms with Gasteiger partial charge in [-0.2, -0.15) is 4.79 Å². The summed E-state index contributed by atoms with van der Waals surface area (Å²) in [4.78, 5) is 25.2. The lowest BCUT2D eigenvalue weighted by Gasteiger charge is -2.38. The minimum Gasteiger partial charge on any atom is -0.493 e. The van der Waals surface area contributed by atoms with Crippen LogP contribution in [0, 0.1) is 11.8 Å². The van der Waals surface area contributed by atoms with Gasteiger partial charge in [0, 0.05) is 30.7 Å². The highest BCUT2D eigenvalue weighted by atomic mass is 16.6. The number of benzene rings is 1. The Labute approximate surface area is 217 Å². The maximum atomic E-state index is 12.6. The lowest BCUT2D eigenvalue weighted by molar-refractivity contribution is -0.845. The number of quaternary nitrogens is 1. The Balaban J connectivity index is 1.21. The van der Waals surface area contributed by atoms with E-state index in [1.807, 2.05) is 27.8 Å². The van der Waals surface area contributed by atoms with E-state index in [1.54, 1.807) is 0 Å². The second-order valence-electron chi connectivity index (χ2n) is 12.3. The van der Waals surface area contributed by atoms with Gasteiger partial charge in [0.25, 0.3) is 0 Å². The fourth-order valence-corrected chi connectivity index (χ4v) is 5.62. The van der Waals surface area contributed by atoms with Crippen LogP contribution in [0.4, 0.5) is 4.79 Å². The van der Waals surface area contributed by atoms with Crippen molar-refractivity contribution in [1.82, 2.24) is 5.32 Å². The maximum Gasteiger partial charge on any atom is 0.516 e. The second kappa shape index (κ2) is 11.4. The molecule has 0 radical (unpaired) electrons. The first-order chi connectivity index (χ1) is 17.1. The van der Waals surface area contributed by atoms with Crippen LogP contribution in [-0.4, -0.2) is 54.9 Å². The summed E-state index contributed by atoms with van der Waals surface area (Å²) >= 11 is 0. The van der Waals surface area contributed by atoms with Crippen molar-refractivity contribution in [3.05, 3.63) is 35.9 Å². The van der Waals surface area contributed by atoms with Crippen molar-refractivity contribution in [1.29, 1.82) is 0 Å². The van der Waals surface area contributed by atoms with Crippen LogP contribution in [-0.2, 0) is 9.53 Å². The highest BCUT2D eigenvalue weighted by Gasteiger charge is 2.40. The molecule has 2 amide bonds. The average Bonchev–Trinajstić information content (AvgIpc) is 3.36. The molecule has 1 heterocycles. The lowest BCUT2D eigenvalue weighted by Crippen LogP contribution is -2.56. The SMILES string of the molecule is CC(C)(C)OC(=O)[N+]1(C)CCC(COc2ccc(C3=CCC(C(=O)NC4CCCC4)CC3)cc2)CC1. The number of hydrogen-bond donors (Lipinski definition) is 1. The molecule has 2 aliphatic carbocycles. The zero-order valence-corrected chi connectivity index (χ0v) is 22.7. The molecule has 1 saturated carbocycles. The molecule has 4 rings (SSSR count). The number of allylic oxidation sites excluding steroid dienone is 2. The van der Waals surface area contributed by atoms with Crippen LogP contribution >= 0.6 is 0 Å². The molecule has 1 aromatic carbocycles. The fourth-order valence-electron chi connectivity index (χ4n) is 5.62. The molecular weight excluding hydrogens is 452 g/mol. The van der Waals surface area contributed by atoms with Gasteiger partial charge in [-0.25, -0.2) is 4.48 Å². The summed E-state index contributed by atoms with van der Waals surface area (Å²) < 4.78 is 12.1. The number of nitrogens with zero attached hydrogens (tertiary/aromatic N) is 1. The van der Waals surface area contributed by atoms with Gasteiger partial charge < -0.3 is 14.8 Å². The molecule has 36 heavy (non-hydrogen) atoms. The van der Waals surface area contributed by atoms with Gasteiger partial charge in [0.15, 0.2) is 0 Å². The topological polar surface area (TPSA) is 64.6 Å². The number of likely N-dealkylation sites (tertiary alicyclic amines) is 1. The van der Waals surface area contributed by atoms with E-state index in [1.165, 1.54) is 24.0 Å². The standard InChI is InChI=1S/C30H44N2O4/c1-30(2,3)36-29(34)32(4)19-17-22(18-20-32)21-35-27-15-13-24(14-16-27)23-9-11-25(12-10-23)28(33)31-26-7-5-6-8-26/h9,13-16,22,25-26H,5-8,10-12,17-21H2,1-4H3/p+1. The molecule has 0 bridgehead atoms. The van der Waals surface area contributed by atoms with Crippen LogP contribution in [0.1, 0.15) is 84.1 Å². The number of hydrogen-bond acceptors (Lipinski definition) is 4. The summed E-state index contributed by atoms with van der Waals surface area (Å²) in [6, 6.07) is 8.78. The van der Waals surface area contributed by atoms with Gasteiger partial charge in [-0.05, 0) is 76.1 Å². The molecule has 1 aromatic rings. The smallest absolute Gasteiger partial charge is 0.493 e. The van der Waals surface area contributed by atoms with Gasteiger partial charge in [0.05, 0.1) is 26.7 Å². The first kappa shape index (κ1) is 26.7. The Bertz CT molecular complexity index is 933.